The van der Waals surface area contributed by atoms with Crippen molar-refractivity contribution in [2.75, 3.05) is 51.3 Å². The van der Waals surface area contributed by atoms with Crippen LogP contribution in [0.4, 0.5) is 5.69 Å². The minimum Gasteiger partial charge on any atom is -0.379 e. The quantitative estimate of drug-likeness (QED) is 0.780. The van der Waals surface area contributed by atoms with Crippen LogP contribution in [-0.2, 0) is 24.3 Å². The highest BCUT2D eigenvalue weighted by Crippen LogP contribution is 2.24. The number of hydrogen-bond donors (Lipinski definition) is 1. The first-order valence-corrected chi connectivity index (χ1v) is 11.1. The summed E-state index contributed by atoms with van der Waals surface area (Å²) in [5.41, 5.74) is 1.13. The normalized spacial score (nSPS) is 23.3. The van der Waals surface area contributed by atoms with Crippen molar-refractivity contribution < 1.29 is 22.7 Å². The summed E-state index contributed by atoms with van der Waals surface area (Å²) in [6, 6.07) is 4.68. The van der Waals surface area contributed by atoms with Gasteiger partial charge in [-0.2, -0.15) is 4.31 Å². The first kappa shape index (κ1) is 21.2. The molecule has 0 bridgehead atoms. The van der Waals surface area contributed by atoms with Crippen LogP contribution < -0.4 is 5.32 Å². The molecule has 2 atom stereocenters. The van der Waals surface area contributed by atoms with Crippen molar-refractivity contribution in [1.82, 2.24) is 9.21 Å². The molecule has 28 heavy (non-hydrogen) atoms. The van der Waals surface area contributed by atoms with Crippen LogP contribution in [0.15, 0.2) is 23.1 Å². The fraction of sp³-hybridized carbons (Fsp3) is 0.632. The summed E-state index contributed by atoms with van der Waals surface area (Å²) in [5.74, 6) is -0.160. The van der Waals surface area contributed by atoms with Crippen LogP contribution in [0.1, 0.15) is 19.4 Å². The lowest BCUT2D eigenvalue weighted by molar-refractivity contribution is -0.123. The smallest absolute Gasteiger partial charge is 0.243 e. The topological polar surface area (TPSA) is 88.2 Å². The predicted octanol–water partition coefficient (Wildman–Crippen LogP) is 1.06. The van der Waals surface area contributed by atoms with Crippen LogP contribution in [-0.4, -0.2) is 81.7 Å². The number of nitrogens with zero attached hydrogens (tertiary/aromatic N) is 2. The third-order valence-electron chi connectivity index (χ3n) is 5.24. The molecule has 0 aromatic heterocycles. The van der Waals surface area contributed by atoms with Crippen molar-refractivity contribution in [3.8, 4) is 0 Å². The van der Waals surface area contributed by atoms with Gasteiger partial charge in [-0.15, -0.1) is 0 Å². The molecule has 156 valence electrons. The molecule has 8 nitrogen and oxygen atoms in total. The van der Waals surface area contributed by atoms with Crippen molar-refractivity contribution in [1.29, 1.82) is 0 Å². The molecule has 1 aromatic carbocycles. The molecule has 2 unspecified atom stereocenters. The number of carbonyl (C=O) groups excluding carboxylic acids is 1. The third-order valence-corrected chi connectivity index (χ3v) is 7.28. The molecule has 1 amide bonds. The molecular formula is C19H29N3O5S. The molecule has 2 saturated heterocycles. The maximum Gasteiger partial charge on any atom is 0.243 e. The van der Waals surface area contributed by atoms with Gasteiger partial charge in [0, 0.05) is 31.9 Å². The Morgan fingerprint density at radius 1 is 1.21 bits per heavy atom. The fourth-order valence-corrected chi connectivity index (χ4v) is 5.15. The summed E-state index contributed by atoms with van der Waals surface area (Å²) in [6.07, 6.45) is 0.0913. The second-order valence-electron chi connectivity index (χ2n) is 7.34. The van der Waals surface area contributed by atoms with Gasteiger partial charge in [0.25, 0.3) is 0 Å². The summed E-state index contributed by atoms with van der Waals surface area (Å²) in [4.78, 5) is 15.0. The first-order valence-electron chi connectivity index (χ1n) is 9.64. The Labute approximate surface area is 166 Å². The zero-order valence-corrected chi connectivity index (χ0v) is 17.5. The Balaban J connectivity index is 1.74. The maximum atomic E-state index is 13.0. The van der Waals surface area contributed by atoms with E-state index in [0.29, 0.717) is 57.3 Å². The monoisotopic (exact) mass is 411 g/mol. The zero-order valence-electron chi connectivity index (χ0n) is 16.7. The zero-order chi connectivity index (χ0) is 20.3. The molecule has 3 rings (SSSR count). The molecule has 2 heterocycles. The summed E-state index contributed by atoms with van der Waals surface area (Å²) >= 11 is 0. The van der Waals surface area contributed by atoms with E-state index in [1.165, 1.54) is 4.31 Å². The van der Waals surface area contributed by atoms with Gasteiger partial charge in [0.1, 0.15) is 0 Å². The van der Waals surface area contributed by atoms with Crippen molar-refractivity contribution in [3.05, 3.63) is 23.8 Å². The van der Waals surface area contributed by atoms with E-state index in [1.807, 2.05) is 13.8 Å². The highest BCUT2D eigenvalue weighted by molar-refractivity contribution is 7.89. The SMILES string of the molecule is Cc1ccc(NC(=O)C(C)N2CCOC(C)C2)cc1S(=O)(=O)N1CCOCC1. The lowest BCUT2D eigenvalue weighted by Gasteiger charge is -2.34. The van der Waals surface area contributed by atoms with Gasteiger partial charge >= 0.3 is 0 Å². The van der Waals surface area contributed by atoms with E-state index in [0.717, 1.165) is 0 Å². The van der Waals surface area contributed by atoms with Crippen LogP contribution in [0.5, 0.6) is 0 Å². The third kappa shape index (κ3) is 4.72. The van der Waals surface area contributed by atoms with Gasteiger partial charge < -0.3 is 14.8 Å². The predicted molar refractivity (Wildman–Crippen MR) is 106 cm³/mol. The van der Waals surface area contributed by atoms with Crippen LogP contribution >= 0.6 is 0 Å². The minimum atomic E-state index is -3.62. The second kappa shape index (κ2) is 8.87. The molecule has 1 aromatic rings. The molecule has 1 N–H and O–H groups in total. The highest BCUT2D eigenvalue weighted by Gasteiger charge is 2.29. The number of ether oxygens (including phenoxy) is 2. The molecule has 0 spiro atoms. The van der Waals surface area contributed by atoms with Gasteiger partial charge in [-0.3, -0.25) is 9.69 Å². The Morgan fingerprint density at radius 2 is 1.93 bits per heavy atom. The van der Waals surface area contributed by atoms with Crippen molar-refractivity contribution in [3.63, 3.8) is 0 Å². The average molecular weight is 412 g/mol. The first-order chi connectivity index (χ1) is 13.3. The van der Waals surface area contributed by atoms with Gasteiger partial charge in [-0.25, -0.2) is 8.42 Å². The number of carbonyl (C=O) groups is 1. The van der Waals surface area contributed by atoms with Crippen molar-refractivity contribution >= 4 is 21.6 Å². The van der Waals surface area contributed by atoms with E-state index in [4.69, 9.17) is 9.47 Å². The van der Waals surface area contributed by atoms with Gasteiger partial charge in [0.05, 0.1) is 36.9 Å². The Bertz CT molecular complexity index is 808. The van der Waals surface area contributed by atoms with E-state index < -0.39 is 10.0 Å². The number of nitrogens with one attached hydrogen (secondary N) is 1. The van der Waals surface area contributed by atoms with E-state index in [2.05, 4.69) is 10.2 Å². The number of morpholine rings is 2. The van der Waals surface area contributed by atoms with Gasteiger partial charge in [0.15, 0.2) is 0 Å². The summed E-state index contributed by atoms with van der Waals surface area (Å²) in [7, 11) is -3.62. The van der Waals surface area contributed by atoms with Gasteiger partial charge in [0.2, 0.25) is 15.9 Å². The lowest BCUT2D eigenvalue weighted by Crippen LogP contribution is -2.50. The Hall–Kier alpha value is -1.52. The van der Waals surface area contributed by atoms with E-state index in [1.54, 1.807) is 25.1 Å². The van der Waals surface area contributed by atoms with Crippen LogP contribution in [0.2, 0.25) is 0 Å². The van der Waals surface area contributed by atoms with E-state index in [-0.39, 0.29) is 22.9 Å². The highest BCUT2D eigenvalue weighted by atomic mass is 32.2. The molecule has 0 aliphatic carbocycles. The number of amides is 1. The summed E-state index contributed by atoms with van der Waals surface area (Å²) in [6.45, 7) is 9.06. The Kier molecular flexibility index (Phi) is 6.72. The number of hydrogen-bond acceptors (Lipinski definition) is 6. The van der Waals surface area contributed by atoms with Gasteiger partial charge in [-0.05, 0) is 38.5 Å². The largest absolute Gasteiger partial charge is 0.379 e. The number of sulfonamides is 1. The van der Waals surface area contributed by atoms with E-state index >= 15 is 0 Å². The molecule has 2 fully saturated rings. The van der Waals surface area contributed by atoms with Crippen LogP contribution in [0.3, 0.4) is 0 Å². The summed E-state index contributed by atoms with van der Waals surface area (Å²) < 4.78 is 38.2. The molecular weight excluding hydrogens is 382 g/mol. The van der Waals surface area contributed by atoms with E-state index in [9.17, 15) is 13.2 Å². The number of aryl methyl sites for hydroxylation is 1. The average Bonchev–Trinajstić information content (AvgIpc) is 2.69. The minimum absolute atomic E-state index is 0.0913. The van der Waals surface area contributed by atoms with Gasteiger partial charge in [-0.1, -0.05) is 6.07 Å². The maximum absolute atomic E-state index is 13.0. The number of benzene rings is 1. The molecule has 9 heteroatoms. The molecule has 2 aliphatic rings. The summed E-state index contributed by atoms with van der Waals surface area (Å²) in [5, 5.41) is 2.87. The number of anilines is 1. The van der Waals surface area contributed by atoms with Crippen LogP contribution in [0.25, 0.3) is 0 Å². The van der Waals surface area contributed by atoms with Crippen molar-refractivity contribution in [2.45, 2.75) is 37.8 Å². The van der Waals surface area contributed by atoms with Crippen LogP contribution in [0, 0.1) is 6.92 Å². The lowest BCUT2D eigenvalue weighted by atomic mass is 10.2. The second-order valence-corrected chi connectivity index (χ2v) is 9.24. The van der Waals surface area contributed by atoms with Crippen molar-refractivity contribution in [2.24, 2.45) is 0 Å². The molecule has 0 radical (unpaired) electrons. The standard InChI is InChI=1S/C19H29N3O5S/c1-14-4-5-17(12-18(14)28(24,25)22-7-9-26-10-8-22)20-19(23)16(3)21-6-11-27-15(2)13-21/h4-5,12,15-16H,6-11,13H2,1-3H3,(H,20,23). The number of rotatable bonds is 5. The molecule has 0 saturated carbocycles. The molecule has 2 aliphatic heterocycles. The Morgan fingerprint density at radius 3 is 2.61 bits per heavy atom. The fourth-order valence-electron chi connectivity index (χ4n) is 3.49.